The highest BCUT2D eigenvalue weighted by atomic mass is 35.5. The maximum absolute atomic E-state index is 11.9. The lowest BCUT2D eigenvalue weighted by Gasteiger charge is -2.11. The van der Waals surface area contributed by atoms with Crippen molar-refractivity contribution in [2.24, 2.45) is 0 Å². The summed E-state index contributed by atoms with van der Waals surface area (Å²) >= 11 is 5.82. The van der Waals surface area contributed by atoms with Gasteiger partial charge in [-0.2, -0.15) is 0 Å². The first kappa shape index (κ1) is 17.1. The number of benzene rings is 2. The number of hydrogen-bond acceptors (Lipinski definition) is 2. The monoisotopic (exact) mass is 329 g/mol. The summed E-state index contributed by atoms with van der Waals surface area (Å²) in [6, 6.07) is 15.0. The molecule has 2 aromatic carbocycles. The number of nitrogens with one attached hydrogen (secondary N) is 1. The van der Waals surface area contributed by atoms with Crippen LogP contribution in [0.15, 0.2) is 54.6 Å². The van der Waals surface area contributed by atoms with Crippen LogP contribution in [-0.4, -0.2) is 12.0 Å². The summed E-state index contributed by atoms with van der Waals surface area (Å²) in [5.41, 5.74) is 1.92. The molecule has 0 radical (unpaired) electrons. The lowest BCUT2D eigenvalue weighted by Crippen LogP contribution is -2.20. The minimum absolute atomic E-state index is 0.127. The largest absolute Gasteiger partial charge is 0.491 e. The Kier molecular flexibility index (Phi) is 6.24. The molecule has 0 aliphatic rings. The molecule has 0 spiro atoms. The predicted molar refractivity (Wildman–Crippen MR) is 94.5 cm³/mol. The van der Waals surface area contributed by atoms with E-state index in [1.165, 1.54) is 6.08 Å². The van der Waals surface area contributed by atoms with E-state index >= 15 is 0 Å². The van der Waals surface area contributed by atoms with Crippen molar-refractivity contribution in [1.29, 1.82) is 0 Å². The Morgan fingerprint density at radius 1 is 1.22 bits per heavy atom. The van der Waals surface area contributed by atoms with Crippen LogP contribution >= 0.6 is 11.6 Å². The molecule has 0 fully saturated rings. The van der Waals surface area contributed by atoms with Crippen LogP contribution in [0.3, 0.4) is 0 Å². The van der Waals surface area contributed by atoms with E-state index in [4.69, 9.17) is 16.3 Å². The van der Waals surface area contributed by atoms with Gasteiger partial charge in [-0.1, -0.05) is 35.9 Å². The third kappa shape index (κ3) is 6.17. The highest BCUT2D eigenvalue weighted by Crippen LogP contribution is 2.15. The zero-order chi connectivity index (χ0) is 16.7. The second-order valence-corrected chi connectivity index (χ2v) is 5.85. The molecule has 0 unspecified atom stereocenters. The first-order valence-electron chi connectivity index (χ1n) is 7.50. The molecule has 2 aromatic rings. The lowest BCUT2D eigenvalue weighted by molar-refractivity contribution is -0.116. The van der Waals surface area contributed by atoms with Gasteiger partial charge in [-0.3, -0.25) is 4.79 Å². The average Bonchev–Trinajstić information content (AvgIpc) is 2.52. The molecule has 0 aromatic heterocycles. The van der Waals surface area contributed by atoms with Crippen molar-refractivity contribution < 1.29 is 9.53 Å². The van der Waals surface area contributed by atoms with Gasteiger partial charge in [-0.25, -0.2) is 0 Å². The van der Waals surface area contributed by atoms with Crippen LogP contribution in [0.2, 0.25) is 5.02 Å². The molecular formula is C19H20ClNO2. The minimum Gasteiger partial charge on any atom is -0.491 e. The smallest absolute Gasteiger partial charge is 0.244 e. The Morgan fingerprint density at radius 3 is 2.65 bits per heavy atom. The molecule has 0 aliphatic heterocycles. The van der Waals surface area contributed by atoms with Gasteiger partial charge in [0, 0.05) is 17.6 Å². The van der Waals surface area contributed by atoms with Crippen molar-refractivity contribution in [1.82, 2.24) is 5.32 Å². The maximum Gasteiger partial charge on any atom is 0.244 e. The molecule has 2 rings (SSSR count). The van der Waals surface area contributed by atoms with E-state index in [-0.39, 0.29) is 12.0 Å². The Balaban J connectivity index is 1.87. The summed E-state index contributed by atoms with van der Waals surface area (Å²) in [5.74, 6) is 0.665. The second kappa shape index (κ2) is 8.39. The van der Waals surface area contributed by atoms with Crippen molar-refractivity contribution in [3.8, 4) is 5.75 Å². The van der Waals surface area contributed by atoms with Crippen LogP contribution in [0.1, 0.15) is 25.0 Å². The van der Waals surface area contributed by atoms with Gasteiger partial charge in [0.15, 0.2) is 0 Å². The van der Waals surface area contributed by atoms with Gasteiger partial charge in [0.25, 0.3) is 0 Å². The first-order chi connectivity index (χ1) is 11.0. The number of halogens is 1. The molecule has 1 N–H and O–H groups in total. The molecule has 120 valence electrons. The number of hydrogen-bond donors (Lipinski definition) is 1. The van der Waals surface area contributed by atoms with Gasteiger partial charge >= 0.3 is 0 Å². The zero-order valence-electron chi connectivity index (χ0n) is 13.3. The molecular weight excluding hydrogens is 310 g/mol. The van der Waals surface area contributed by atoms with Gasteiger partial charge in [-0.15, -0.1) is 0 Å². The fraction of sp³-hybridized carbons (Fsp3) is 0.211. The Bertz CT molecular complexity index is 678. The average molecular weight is 330 g/mol. The van der Waals surface area contributed by atoms with Crippen molar-refractivity contribution in [3.05, 3.63) is 70.8 Å². The van der Waals surface area contributed by atoms with E-state index in [0.29, 0.717) is 11.6 Å². The van der Waals surface area contributed by atoms with Crippen molar-refractivity contribution in [3.63, 3.8) is 0 Å². The summed E-state index contributed by atoms with van der Waals surface area (Å²) in [6.45, 7) is 4.42. The molecule has 1 amide bonds. The van der Waals surface area contributed by atoms with Gasteiger partial charge in [0.1, 0.15) is 5.75 Å². The second-order valence-electron chi connectivity index (χ2n) is 5.42. The van der Waals surface area contributed by atoms with Crippen LogP contribution in [-0.2, 0) is 11.3 Å². The van der Waals surface area contributed by atoms with Crippen molar-refractivity contribution in [2.75, 3.05) is 0 Å². The van der Waals surface area contributed by atoms with Crippen molar-refractivity contribution in [2.45, 2.75) is 26.5 Å². The molecule has 0 saturated carbocycles. The predicted octanol–water partition coefficient (Wildman–Crippen LogP) is 4.46. The third-order valence-electron chi connectivity index (χ3n) is 3.03. The van der Waals surface area contributed by atoms with Crippen LogP contribution in [0.4, 0.5) is 0 Å². The van der Waals surface area contributed by atoms with Crippen LogP contribution in [0, 0.1) is 0 Å². The van der Waals surface area contributed by atoms with E-state index < -0.39 is 0 Å². The van der Waals surface area contributed by atoms with Crippen LogP contribution in [0.5, 0.6) is 5.75 Å². The fourth-order valence-electron chi connectivity index (χ4n) is 1.99. The maximum atomic E-state index is 11.9. The molecule has 0 aliphatic carbocycles. The number of carbonyl (C=O) groups excluding carboxylic acids is 1. The Hall–Kier alpha value is -2.26. The Morgan fingerprint density at radius 2 is 1.96 bits per heavy atom. The van der Waals surface area contributed by atoms with Gasteiger partial charge in [-0.05, 0) is 55.3 Å². The standard InChI is InChI=1S/C19H20ClNO2/c1-14(2)23-18-5-3-4-16(12-18)13-21-19(22)11-8-15-6-9-17(20)10-7-15/h3-12,14H,13H2,1-2H3,(H,21,22)/b11-8+. The Labute approximate surface area is 141 Å². The van der Waals surface area contributed by atoms with Gasteiger partial charge < -0.3 is 10.1 Å². The number of carbonyl (C=O) groups is 1. The van der Waals surface area contributed by atoms with E-state index in [9.17, 15) is 4.79 Å². The molecule has 0 atom stereocenters. The van der Waals surface area contributed by atoms with E-state index in [1.54, 1.807) is 18.2 Å². The molecule has 0 bridgehead atoms. The molecule has 0 heterocycles. The van der Waals surface area contributed by atoms with E-state index in [0.717, 1.165) is 16.9 Å². The summed E-state index contributed by atoms with van der Waals surface area (Å²) < 4.78 is 5.64. The molecule has 0 saturated heterocycles. The number of rotatable bonds is 6. The first-order valence-corrected chi connectivity index (χ1v) is 7.88. The summed E-state index contributed by atoms with van der Waals surface area (Å²) in [5, 5.41) is 3.53. The topological polar surface area (TPSA) is 38.3 Å². The normalized spacial score (nSPS) is 11.0. The highest BCUT2D eigenvalue weighted by Gasteiger charge is 2.01. The summed E-state index contributed by atoms with van der Waals surface area (Å²) in [7, 11) is 0. The summed E-state index contributed by atoms with van der Waals surface area (Å²) in [6.07, 6.45) is 3.39. The van der Waals surface area contributed by atoms with Crippen LogP contribution in [0.25, 0.3) is 6.08 Å². The minimum atomic E-state index is -0.143. The van der Waals surface area contributed by atoms with Crippen LogP contribution < -0.4 is 10.1 Å². The quantitative estimate of drug-likeness (QED) is 0.795. The van der Waals surface area contributed by atoms with E-state index in [2.05, 4.69) is 5.32 Å². The fourth-order valence-corrected chi connectivity index (χ4v) is 2.12. The van der Waals surface area contributed by atoms with Gasteiger partial charge in [0.2, 0.25) is 5.91 Å². The molecule has 3 nitrogen and oxygen atoms in total. The number of amides is 1. The lowest BCUT2D eigenvalue weighted by atomic mass is 10.2. The van der Waals surface area contributed by atoms with Crippen molar-refractivity contribution >= 4 is 23.6 Å². The molecule has 4 heteroatoms. The summed E-state index contributed by atoms with van der Waals surface area (Å²) in [4.78, 5) is 11.9. The third-order valence-corrected chi connectivity index (χ3v) is 3.29. The van der Waals surface area contributed by atoms with E-state index in [1.807, 2.05) is 50.2 Å². The number of ether oxygens (including phenoxy) is 1. The molecule has 23 heavy (non-hydrogen) atoms. The SMILES string of the molecule is CC(C)Oc1cccc(CNC(=O)/C=C/c2ccc(Cl)cc2)c1. The van der Waals surface area contributed by atoms with Gasteiger partial charge in [0.05, 0.1) is 6.10 Å². The zero-order valence-corrected chi connectivity index (χ0v) is 14.0. The highest BCUT2D eigenvalue weighted by molar-refractivity contribution is 6.30.